The molecule has 0 aliphatic heterocycles. The zero-order valence-corrected chi connectivity index (χ0v) is 15.5. The predicted molar refractivity (Wildman–Crippen MR) is 106 cm³/mol. The lowest BCUT2D eigenvalue weighted by atomic mass is 10.3. The molecule has 0 aliphatic rings. The second kappa shape index (κ2) is 9.50. The summed E-state index contributed by atoms with van der Waals surface area (Å²) in [6.45, 7) is 0.642. The molecule has 0 saturated heterocycles. The number of halogens is 1. The van der Waals surface area contributed by atoms with Crippen molar-refractivity contribution in [1.29, 1.82) is 0 Å². The van der Waals surface area contributed by atoms with E-state index >= 15 is 0 Å². The second-order valence-corrected chi connectivity index (χ2v) is 8.30. The molecule has 0 N–H and O–H groups in total. The highest BCUT2D eigenvalue weighted by atomic mass is 35.5. The van der Waals surface area contributed by atoms with E-state index in [1.54, 1.807) is 12.1 Å². The molecule has 3 aromatic rings. The highest BCUT2D eigenvalue weighted by Crippen LogP contribution is 2.34. The SMILES string of the molecule is Clc1ccc(OCCCCP(c2ccccc2)c2ccccc2)nn1. The molecule has 1 heterocycles. The average molecular weight is 371 g/mol. The Morgan fingerprint density at radius 2 is 1.40 bits per heavy atom. The maximum atomic E-state index is 5.72. The summed E-state index contributed by atoms with van der Waals surface area (Å²) >= 11 is 5.72. The Labute approximate surface area is 154 Å². The van der Waals surface area contributed by atoms with Gasteiger partial charge in [-0.25, -0.2) is 0 Å². The summed E-state index contributed by atoms with van der Waals surface area (Å²) in [6.07, 6.45) is 3.25. The minimum atomic E-state index is -0.327. The van der Waals surface area contributed by atoms with Crippen LogP contribution in [0.5, 0.6) is 5.88 Å². The van der Waals surface area contributed by atoms with E-state index in [9.17, 15) is 0 Å². The monoisotopic (exact) mass is 370 g/mol. The Kier molecular flexibility index (Phi) is 6.79. The number of hydrogen-bond donors (Lipinski definition) is 0. The van der Waals surface area contributed by atoms with Crippen LogP contribution >= 0.6 is 19.5 Å². The third-order valence-corrected chi connectivity index (χ3v) is 6.58. The van der Waals surface area contributed by atoms with Gasteiger partial charge in [-0.05, 0) is 43.6 Å². The van der Waals surface area contributed by atoms with Gasteiger partial charge in [0.15, 0.2) is 5.15 Å². The molecular weight excluding hydrogens is 351 g/mol. The van der Waals surface area contributed by atoms with Crippen LogP contribution in [-0.4, -0.2) is 23.0 Å². The molecule has 0 saturated carbocycles. The van der Waals surface area contributed by atoms with Crippen LogP contribution in [0.1, 0.15) is 12.8 Å². The Hall–Kier alpha value is -1.96. The fraction of sp³-hybridized carbons (Fsp3) is 0.200. The number of ether oxygens (including phenoxy) is 1. The molecule has 1 aromatic heterocycles. The number of hydrogen-bond acceptors (Lipinski definition) is 3. The molecule has 25 heavy (non-hydrogen) atoms. The first-order valence-electron chi connectivity index (χ1n) is 8.32. The van der Waals surface area contributed by atoms with Crippen molar-refractivity contribution < 1.29 is 4.74 Å². The lowest BCUT2D eigenvalue weighted by Gasteiger charge is -2.18. The summed E-state index contributed by atoms with van der Waals surface area (Å²) in [5.74, 6) is 0.526. The van der Waals surface area contributed by atoms with Crippen LogP contribution in [0.25, 0.3) is 0 Å². The molecular formula is C20H20ClN2OP. The zero-order chi connectivity index (χ0) is 17.3. The van der Waals surface area contributed by atoms with Gasteiger partial charge in [0.25, 0.3) is 0 Å². The van der Waals surface area contributed by atoms with Gasteiger partial charge in [0.05, 0.1) is 6.61 Å². The van der Waals surface area contributed by atoms with E-state index in [0.717, 1.165) is 19.0 Å². The summed E-state index contributed by atoms with van der Waals surface area (Å²) in [4.78, 5) is 0. The molecule has 0 atom stereocenters. The smallest absolute Gasteiger partial charge is 0.233 e. The summed E-state index contributed by atoms with van der Waals surface area (Å²) < 4.78 is 5.63. The molecule has 0 spiro atoms. The van der Waals surface area contributed by atoms with E-state index in [1.807, 2.05) is 0 Å². The van der Waals surface area contributed by atoms with Crippen LogP contribution in [0.15, 0.2) is 72.8 Å². The number of aromatic nitrogens is 2. The van der Waals surface area contributed by atoms with E-state index < -0.39 is 0 Å². The van der Waals surface area contributed by atoms with Gasteiger partial charge in [-0.2, -0.15) is 0 Å². The van der Waals surface area contributed by atoms with Crippen molar-refractivity contribution in [3.05, 3.63) is 77.9 Å². The predicted octanol–water partition coefficient (Wildman–Crippen LogP) is 4.42. The molecule has 0 fully saturated rings. The van der Waals surface area contributed by atoms with Crippen LogP contribution in [0.2, 0.25) is 5.15 Å². The van der Waals surface area contributed by atoms with Crippen molar-refractivity contribution in [2.45, 2.75) is 12.8 Å². The molecule has 128 valence electrons. The summed E-state index contributed by atoms with van der Waals surface area (Å²) in [6, 6.07) is 25.0. The van der Waals surface area contributed by atoms with Crippen molar-refractivity contribution in [3.63, 3.8) is 0 Å². The zero-order valence-electron chi connectivity index (χ0n) is 13.9. The molecule has 3 nitrogen and oxygen atoms in total. The van der Waals surface area contributed by atoms with Gasteiger partial charge in [0, 0.05) is 6.07 Å². The normalized spacial score (nSPS) is 10.8. The van der Waals surface area contributed by atoms with Crippen molar-refractivity contribution in [2.24, 2.45) is 0 Å². The van der Waals surface area contributed by atoms with Gasteiger partial charge in [0.1, 0.15) is 0 Å². The summed E-state index contributed by atoms with van der Waals surface area (Å²) in [5.41, 5.74) is 0. The highest BCUT2D eigenvalue weighted by Gasteiger charge is 2.12. The standard InChI is InChI=1S/C20H20ClN2OP/c21-19-13-14-20(23-22-19)24-15-7-8-16-25(17-9-3-1-4-10-17)18-11-5-2-6-12-18/h1-6,9-14H,7-8,15-16H2. The topological polar surface area (TPSA) is 35.0 Å². The fourth-order valence-electron chi connectivity index (χ4n) is 2.55. The van der Waals surface area contributed by atoms with Gasteiger partial charge in [-0.3, -0.25) is 0 Å². The van der Waals surface area contributed by atoms with Crippen LogP contribution in [0.3, 0.4) is 0 Å². The molecule has 0 radical (unpaired) electrons. The largest absolute Gasteiger partial charge is 0.477 e. The number of benzene rings is 2. The van der Waals surface area contributed by atoms with Crippen molar-refractivity contribution in [1.82, 2.24) is 10.2 Å². The van der Waals surface area contributed by atoms with Crippen molar-refractivity contribution in [2.75, 3.05) is 12.8 Å². The Morgan fingerprint density at radius 3 is 1.96 bits per heavy atom. The maximum Gasteiger partial charge on any atom is 0.233 e. The molecule has 5 heteroatoms. The van der Waals surface area contributed by atoms with E-state index in [-0.39, 0.29) is 7.92 Å². The highest BCUT2D eigenvalue weighted by molar-refractivity contribution is 7.73. The van der Waals surface area contributed by atoms with Crippen molar-refractivity contribution in [3.8, 4) is 5.88 Å². The molecule has 2 aromatic carbocycles. The van der Waals surface area contributed by atoms with Crippen LogP contribution < -0.4 is 15.3 Å². The third-order valence-electron chi connectivity index (χ3n) is 3.77. The van der Waals surface area contributed by atoms with Crippen LogP contribution in [0, 0.1) is 0 Å². The minimum absolute atomic E-state index is 0.327. The molecule has 0 unspecified atom stereocenters. The second-order valence-electron chi connectivity index (χ2n) is 5.57. The molecule has 0 amide bonds. The fourth-order valence-corrected chi connectivity index (χ4v) is 5.07. The van der Waals surface area contributed by atoms with Gasteiger partial charge in [0.2, 0.25) is 5.88 Å². The van der Waals surface area contributed by atoms with Gasteiger partial charge in [-0.15, -0.1) is 10.2 Å². The number of rotatable bonds is 8. The quantitative estimate of drug-likeness (QED) is 0.435. The number of nitrogens with zero attached hydrogens (tertiary/aromatic N) is 2. The Bertz CT molecular complexity index is 714. The summed E-state index contributed by atoms with van der Waals surface area (Å²) in [7, 11) is -0.327. The van der Waals surface area contributed by atoms with E-state index in [4.69, 9.17) is 16.3 Å². The van der Waals surface area contributed by atoms with E-state index in [2.05, 4.69) is 70.9 Å². The first-order valence-corrected chi connectivity index (χ1v) is 10.2. The van der Waals surface area contributed by atoms with E-state index in [1.165, 1.54) is 10.6 Å². The lowest BCUT2D eigenvalue weighted by molar-refractivity contribution is 0.294. The average Bonchev–Trinajstić information content (AvgIpc) is 2.67. The van der Waals surface area contributed by atoms with Gasteiger partial charge < -0.3 is 4.74 Å². The van der Waals surface area contributed by atoms with Crippen LogP contribution in [0.4, 0.5) is 0 Å². The minimum Gasteiger partial charge on any atom is -0.477 e. The molecule has 3 rings (SSSR count). The summed E-state index contributed by atoms with van der Waals surface area (Å²) in [5, 5.41) is 10.9. The van der Waals surface area contributed by atoms with Crippen molar-refractivity contribution >= 4 is 30.1 Å². The van der Waals surface area contributed by atoms with E-state index in [0.29, 0.717) is 17.6 Å². The van der Waals surface area contributed by atoms with Gasteiger partial charge in [-0.1, -0.05) is 72.3 Å². The Balaban J connectivity index is 1.53. The lowest BCUT2D eigenvalue weighted by Crippen LogP contribution is -2.14. The first kappa shape index (κ1) is 17.8. The molecule has 0 bridgehead atoms. The third kappa shape index (κ3) is 5.52. The number of unbranched alkanes of at least 4 members (excludes halogenated alkanes) is 1. The van der Waals surface area contributed by atoms with Crippen LogP contribution in [-0.2, 0) is 0 Å². The maximum absolute atomic E-state index is 5.72. The first-order chi connectivity index (χ1) is 12.3. The molecule has 0 aliphatic carbocycles. The Morgan fingerprint density at radius 1 is 0.760 bits per heavy atom. The van der Waals surface area contributed by atoms with Gasteiger partial charge >= 0.3 is 0 Å².